The topological polar surface area (TPSA) is 78.8 Å². The number of nitrogens with one attached hydrogen (secondary N) is 1. The number of carbonyl (C=O) groups is 1. The lowest BCUT2D eigenvalue weighted by molar-refractivity contribution is -0.136. The summed E-state index contributed by atoms with van der Waals surface area (Å²) in [7, 11) is 0. The van der Waals surface area contributed by atoms with E-state index in [1.807, 2.05) is 18.2 Å². The van der Waals surface area contributed by atoms with Gasteiger partial charge in [0, 0.05) is 6.54 Å². The van der Waals surface area contributed by atoms with Crippen LogP contribution in [0.3, 0.4) is 0 Å². The molecule has 0 amide bonds. The number of ether oxygens (including phenoxy) is 1. The average Bonchev–Trinajstić information content (AvgIpc) is 2.53. The number of phenols is 1. The fraction of sp³-hybridized carbons (Fsp3) is 0.278. The number of hydrogen-bond acceptors (Lipinski definition) is 4. The Hall–Kier alpha value is -2.24. The molecule has 3 N–H and O–H groups in total. The van der Waals surface area contributed by atoms with E-state index < -0.39 is 5.97 Å². The number of para-hydroxylation sites is 1. The van der Waals surface area contributed by atoms with Crippen molar-refractivity contribution in [2.45, 2.75) is 12.8 Å². The molecule has 0 bridgehead atoms. The molecular weight excluding hydrogens is 330 g/mol. The zero-order chi connectivity index (χ0) is 16.5. The Morgan fingerprint density at radius 2 is 1.75 bits per heavy atom. The van der Waals surface area contributed by atoms with Crippen LogP contribution in [0.1, 0.15) is 11.1 Å². The highest BCUT2D eigenvalue weighted by atomic mass is 35.5. The third-order valence-electron chi connectivity index (χ3n) is 3.39. The number of aromatic hydroxyl groups is 1. The van der Waals surface area contributed by atoms with E-state index in [0.717, 1.165) is 29.8 Å². The third kappa shape index (κ3) is 6.89. The van der Waals surface area contributed by atoms with Crippen LogP contribution in [0.15, 0.2) is 48.5 Å². The largest absolute Gasteiger partial charge is 0.508 e. The van der Waals surface area contributed by atoms with Crippen LogP contribution in [0.25, 0.3) is 0 Å². The Morgan fingerprint density at radius 1 is 1.04 bits per heavy atom. The second-order valence-electron chi connectivity index (χ2n) is 5.19. The van der Waals surface area contributed by atoms with Gasteiger partial charge in [-0.1, -0.05) is 30.3 Å². The van der Waals surface area contributed by atoms with Crippen molar-refractivity contribution in [1.29, 1.82) is 0 Å². The molecule has 2 rings (SSSR count). The van der Waals surface area contributed by atoms with E-state index in [-0.39, 0.29) is 18.8 Å². The highest BCUT2D eigenvalue weighted by molar-refractivity contribution is 5.85. The Kier molecular flexibility index (Phi) is 8.68. The molecule has 0 aromatic heterocycles. The maximum atomic E-state index is 10.6. The summed E-state index contributed by atoms with van der Waals surface area (Å²) in [4.78, 5) is 10.6. The molecule has 2 aromatic rings. The van der Waals surface area contributed by atoms with Gasteiger partial charge in [-0.25, -0.2) is 0 Å². The maximum Gasteiger partial charge on any atom is 0.307 e. The predicted octanol–water partition coefficient (Wildman–Crippen LogP) is 2.65. The first-order chi connectivity index (χ1) is 11.1. The van der Waals surface area contributed by atoms with Gasteiger partial charge in [0.2, 0.25) is 0 Å². The molecule has 0 saturated carbocycles. The van der Waals surface area contributed by atoms with Gasteiger partial charge in [-0.15, -0.1) is 12.4 Å². The molecule has 2 aromatic carbocycles. The minimum Gasteiger partial charge on any atom is -0.508 e. The number of aliphatic carboxylic acids is 1. The number of rotatable bonds is 9. The molecule has 0 aliphatic heterocycles. The van der Waals surface area contributed by atoms with Crippen molar-refractivity contribution in [3.8, 4) is 11.5 Å². The molecule has 0 aliphatic carbocycles. The molecule has 0 fully saturated rings. The van der Waals surface area contributed by atoms with Crippen LogP contribution < -0.4 is 10.1 Å². The van der Waals surface area contributed by atoms with E-state index in [0.29, 0.717) is 18.9 Å². The Morgan fingerprint density at radius 3 is 2.42 bits per heavy atom. The molecule has 24 heavy (non-hydrogen) atoms. The first-order valence-corrected chi connectivity index (χ1v) is 7.56. The number of carboxylic acids is 1. The van der Waals surface area contributed by atoms with Crippen LogP contribution in [0.4, 0.5) is 0 Å². The van der Waals surface area contributed by atoms with E-state index in [1.165, 1.54) is 0 Å². The molecule has 0 aliphatic rings. The summed E-state index contributed by atoms with van der Waals surface area (Å²) in [5.41, 5.74) is 1.68. The monoisotopic (exact) mass is 351 g/mol. The molecule has 130 valence electrons. The van der Waals surface area contributed by atoms with E-state index in [9.17, 15) is 9.90 Å². The van der Waals surface area contributed by atoms with Crippen molar-refractivity contribution in [1.82, 2.24) is 5.32 Å². The van der Waals surface area contributed by atoms with Gasteiger partial charge in [0.25, 0.3) is 0 Å². The molecule has 0 radical (unpaired) electrons. The molecule has 5 nitrogen and oxygen atoms in total. The van der Waals surface area contributed by atoms with E-state index in [4.69, 9.17) is 9.84 Å². The summed E-state index contributed by atoms with van der Waals surface area (Å²) >= 11 is 0. The van der Waals surface area contributed by atoms with Crippen LogP contribution in [0.2, 0.25) is 0 Å². The first-order valence-electron chi connectivity index (χ1n) is 7.56. The number of phenolic OH excluding ortho intramolecular Hbond substituents is 1. The van der Waals surface area contributed by atoms with Crippen molar-refractivity contribution < 1.29 is 19.7 Å². The van der Waals surface area contributed by atoms with Crippen LogP contribution in [0.5, 0.6) is 11.5 Å². The van der Waals surface area contributed by atoms with Crippen LogP contribution >= 0.6 is 12.4 Å². The van der Waals surface area contributed by atoms with Crippen molar-refractivity contribution in [3.05, 3.63) is 59.7 Å². The van der Waals surface area contributed by atoms with E-state index in [2.05, 4.69) is 5.32 Å². The van der Waals surface area contributed by atoms with Gasteiger partial charge in [0.15, 0.2) is 0 Å². The van der Waals surface area contributed by atoms with Gasteiger partial charge in [-0.3, -0.25) is 4.79 Å². The lowest BCUT2D eigenvalue weighted by atomic mass is 10.1. The zero-order valence-corrected chi connectivity index (χ0v) is 14.1. The first kappa shape index (κ1) is 19.8. The number of hydrogen-bond donors (Lipinski definition) is 3. The van der Waals surface area contributed by atoms with Crippen molar-refractivity contribution >= 4 is 18.4 Å². The number of carboxylic acid groups (broad SMARTS) is 1. The number of halogens is 1. The third-order valence-corrected chi connectivity index (χ3v) is 3.39. The van der Waals surface area contributed by atoms with Crippen LogP contribution in [-0.2, 0) is 17.6 Å². The second-order valence-corrected chi connectivity index (χ2v) is 5.19. The minimum atomic E-state index is -0.840. The van der Waals surface area contributed by atoms with Gasteiger partial charge >= 0.3 is 5.97 Å². The maximum absolute atomic E-state index is 10.6. The summed E-state index contributed by atoms with van der Waals surface area (Å²) in [6.07, 6.45) is 0.782. The van der Waals surface area contributed by atoms with Crippen LogP contribution in [-0.4, -0.2) is 35.9 Å². The molecule has 0 spiro atoms. The fourth-order valence-corrected chi connectivity index (χ4v) is 2.19. The smallest absolute Gasteiger partial charge is 0.307 e. The molecule has 0 heterocycles. The Bertz CT molecular complexity index is 631. The normalized spacial score (nSPS) is 10.0. The van der Waals surface area contributed by atoms with Gasteiger partial charge in [-0.05, 0) is 42.3 Å². The SMILES string of the molecule is Cl.O=C(O)Cc1ccc(OCCNCCc2ccccc2O)cc1. The summed E-state index contributed by atoms with van der Waals surface area (Å²) in [5.74, 6) is 0.209. The average molecular weight is 352 g/mol. The molecule has 0 saturated heterocycles. The quantitative estimate of drug-likeness (QED) is 0.605. The highest BCUT2D eigenvalue weighted by Gasteiger charge is 2.01. The minimum absolute atomic E-state index is 0. The van der Waals surface area contributed by atoms with Crippen molar-refractivity contribution in [2.75, 3.05) is 19.7 Å². The lowest BCUT2D eigenvalue weighted by Crippen LogP contribution is -2.23. The fourth-order valence-electron chi connectivity index (χ4n) is 2.19. The lowest BCUT2D eigenvalue weighted by Gasteiger charge is -2.09. The van der Waals surface area contributed by atoms with Gasteiger partial charge in [0.1, 0.15) is 18.1 Å². The van der Waals surface area contributed by atoms with Gasteiger partial charge in [0.05, 0.1) is 6.42 Å². The molecular formula is C18H22ClNO4. The summed E-state index contributed by atoms with van der Waals surface area (Å²) in [5, 5.41) is 21.6. The molecule has 0 atom stereocenters. The summed E-state index contributed by atoms with van der Waals surface area (Å²) in [6, 6.07) is 14.4. The standard InChI is InChI=1S/C18H21NO4.ClH/c20-17-4-2-1-3-15(17)9-10-19-11-12-23-16-7-5-14(6-8-16)13-18(21)22;/h1-8,19-20H,9-13H2,(H,21,22);1H. The van der Waals surface area contributed by atoms with Crippen molar-refractivity contribution in [2.24, 2.45) is 0 Å². The Labute approximate surface area is 147 Å². The Balaban J connectivity index is 0.00000288. The highest BCUT2D eigenvalue weighted by Crippen LogP contribution is 2.15. The number of benzene rings is 2. The summed E-state index contributed by atoms with van der Waals surface area (Å²) in [6.45, 7) is 1.99. The van der Waals surface area contributed by atoms with E-state index in [1.54, 1.807) is 30.3 Å². The van der Waals surface area contributed by atoms with E-state index >= 15 is 0 Å². The van der Waals surface area contributed by atoms with Crippen LogP contribution in [0, 0.1) is 0 Å². The second kappa shape index (κ2) is 10.5. The van der Waals surface area contributed by atoms with Crippen molar-refractivity contribution in [3.63, 3.8) is 0 Å². The van der Waals surface area contributed by atoms with Gasteiger partial charge < -0.3 is 20.3 Å². The zero-order valence-electron chi connectivity index (χ0n) is 13.3. The molecule has 0 unspecified atom stereocenters. The summed E-state index contributed by atoms with van der Waals surface area (Å²) < 4.78 is 5.58. The van der Waals surface area contributed by atoms with Gasteiger partial charge in [-0.2, -0.15) is 0 Å². The predicted molar refractivity (Wildman–Crippen MR) is 95.2 cm³/mol. The molecule has 6 heteroatoms.